The molecule has 0 aliphatic heterocycles. The van der Waals surface area contributed by atoms with Crippen LogP contribution in [0.3, 0.4) is 0 Å². The highest BCUT2D eigenvalue weighted by Crippen LogP contribution is 2.21. The predicted molar refractivity (Wildman–Crippen MR) is 91.6 cm³/mol. The molecule has 0 aromatic carbocycles. The number of carbonyl (C=O) groups is 3. The van der Waals surface area contributed by atoms with Gasteiger partial charge in [0.05, 0.1) is 37.6 Å². The van der Waals surface area contributed by atoms with Crippen LogP contribution in [0.1, 0.15) is 59.8 Å². The number of carbonyl (C=O) groups excluding carboxylic acids is 3. The maximum Gasteiger partial charge on any atom is 0.310 e. The minimum atomic E-state index is -0.965. The lowest BCUT2D eigenvalue weighted by Gasteiger charge is -2.21. The van der Waals surface area contributed by atoms with Gasteiger partial charge in [0.1, 0.15) is 6.61 Å². The molecule has 0 heterocycles. The quantitative estimate of drug-likeness (QED) is 0.305. The number of aliphatic hydroxyl groups excluding tert-OH is 1. The van der Waals surface area contributed by atoms with Crippen molar-refractivity contribution >= 4 is 17.9 Å². The van der Waals surface area contributed by atoms with E-state index in [1.165, 1.54) is 13.8 Å². The van der Waals surface area contributed by atoms with Crippen LogP contribution < -0.4 is 0 Å². The fourth-order valence-corrected chi connectivity index (χ4v) is 1.96. The number of ether oxygens (including phenoxy) is 3. The van der Waals surface area contributed by atoms with Crippen LogP contribution >= 0.6 is 0 Å². The van der Waals surface area contributed by atoms with Crippen molar-refractivity contribution in [1.82, 2.24) is 0 Å². The molecule has 0 saturated heterocycles. The second kappa shape index (κ2) is 13.6. The van der Waals surface area contributed by atoms with Crippen LogP contribution in [0.4, 0.5) is 0 Å². The second-order valence-electron chi connectivity index (χ2n) is 6.17. The van der Waals surface area contributed by atoms with Crippen LogP contribution in [0.5, 0.6) is 0 Å². The van der Waals surface area contributed by atoms with E-state index in [1.807, 2.05) is 13.8 Å². The zero-order chi connectivity index (χ0) is 19.2. The minimum Gasteiger partial charge on any atom is -0.466 e. The van der Waals surface area contributed by atoms with Crippen molar-refractivity contribution in [3.05, 3.63) is 0 Å². The van der Waals surface area contributed by atoms with Gasteiger partial charge in [-0.2, -0.15) is 0 Å². The van der Waals surface area contributed by atoms with Gasteiger partial charge >= 0.3 is 17.9 Å². The molecule has 0 aliphatic rings. The molecule has 0 fully saturated rings. The Labute approximate surface area is 150 Å². The third-order valence-electron chi connectivity index (χ3n) is 3.63. The zero-order valence-corrected chi connectivity index (χ0v) is 15.8. The molecule has 0 amide bonds. The number of unbranched alkanes of at least 4 members (excludes halogenated alkanes) is 2. The number of aliphatic hydroxyl groups is 1. The van der Waals surface area contributed by atoms with E-state index >= 15 is 0 Å². The lowest BCUT2D eigenvalue weighted by Crippen LogP contribution is -2.34. The standard InChI is InChI=1S/C18H32O7/c1-5-7-9-23-16(20)11-15(18(22)24-10-8-6-2)14(4)17(21)25-12-13(3)19/h13-15,19H,5-12H2,1-4H3. The summed E-state index contributed by atoms with van der Waals surface area (Å²) >= 11 is 0. The van der Waals surface area contributed by atoms with Gasteiger partial charge in [-0.15, -0.1) is 0 Å². The Morgan fingerprint density at radius 3 is 1.96 bits per heavy atom. The SMILES string of the molecule is CCCCOC(=O)CC(C(=O)OCCCC)C(C)C(=O)OCC(C)O. The summed E-state index contributed by atoms with van der Waals surface area (Å²) in [6, 6.07) is 0. The van der Waals surface area contributed by atoms with Gasteiger partial charge in [0.25, 0.3) is 0 Å². The number of rotatable bonds is 13. The third-order valence-corrected chi connectivity index (χ3v) is 3.63. The summed E-state index contributed by atoms with van der Waals surface area (Å²) in [6.45, 7) is 7.30. The van der Waals surface area contributed by atoms with Crippen molar-refractivity contribution in [2.45, 2.75) is 65.9 Å². The number of hydrogen-bond acceptors (Lipinski definition) is 7. The van der Waals surface area contributed by atoms with Gasteiger partial charge in [-0.25, -0.2) is 0 Å². The molecule has 7 heteroatoms. The first-order chi connectivity index (χ1) is 11.8. The van der Waals surface area contributed by atoms with Gasteiger partial charge in [-0.05, 0) is 19.8 Å². The van der Waals surface area contributed by atoms with Crippen LogP contribution in [0, 0.1) is 11.8 Å². The lowest BCUT2D eigenvalue weighted by atomic mass is 9.91. The van der Waals surface area contributed by atoms with Crippen molar-refractivity contribution in [1.29, 1.82) is 0 Å². The van der Waals surface area contributed by atoms with Crippen molar-refractivity contribution < 1.29 is 33.7 Å². The molecule has 0 aromatic rings. The van der Waals surface area contributed by atoms with E-state index in [9.17, 15) is 19.5 Å². The summed E-state index contributed by atoms with van der Waals surface area (Å²) in [4.78, 5) is 36.3. The van der Waals surface area contributed by atoms with Crippen LogP contribution in [-0.4, -0.2) is 48.9 Å². The first-order valence-electron chi connectivity index (χ1n) is 9.00. The molecule has 0 radical (unpaired) electrons. The molecule has 0 aromatic heterocycles. The van der Waals surface area contributed by atoms with Gasteiger partial charge in [0, 0.05) is 0 Å². The van der Waals surface area contributed by atoms with E-state index < -0.39 is 35.8 Å². The van der Waals surface area contributed by atoms with E-state index in [-0.39, 0.29) is 26.2 Å². The highest BCUT2D eigenvalue weighted by atomic mass is 16.5. The predicted octanol–water partition coefficient (Wildman–Crippen LogP) is 2.24. The zero-order valence-electron chi connectivity index (χ0n) is 15.8. The molecule has 7 nitrogen and oxygen atoms in total. The number of hydrogen-bond donors (Lipinski definition) is 1. The molecule has 146 valence electrons. The summed E-state index contributed by atoms with van der Waals surface area (Å²) < 4.78 is 15.2. The van der Waals surface area contributed by atoms with Gasteiger partial charge in [0.2, 0.25) is 0 Å². The molecular formula is C18H32O7. The molecule has 0 saturated carbocycles. The summed E-state index contributed by atoms with van der Waals surface area (Å²) in [5, 5.41) is 9.20. The van der Waals surface area contributed by atoms with Crippen LogP contribution in [0.25, 0.3) is 0 Å². The molecule has 3 unspecified atom stereocenters. The first kappa shape index (κ1) is 23.4. The van der Waals surface area contributed by atoms with E-state index in [2.05, 4.69) is 0 Å². The summed E-state index contributed by atoms with van der Waals surface area (Å²) in [5.74, 6) is -3.64. The Balaban J connectivity index is 4.82. The molecule has 0 bridgehead atoms. The summed E-state index contributed by atoms with van der Waals surface area (Å²) in [6.07, 6.45) is 2.16. The molecule has 25 heavy (non-hydrogen) atoms. The molecule has 0 aliphatic carbocycles. The molecular weight excluding hydrogens is 328 g/mol. The maximum atomic E-state index is 12.3. The highest BCUT2D eigenvalue weighted by Gasteiger charge is 2.35. The number of esters is 3. The minimum absolute atomic E-state index is 0.165. The Bertz CT molecular complexity index is 406. The Kier molecular flexibility index (Phi) is 12.7. The smallest absolute Gasteiger partial charge is 0.310 e. The Hall–Kier alpha value is -1.63. The Morgan fingerprint density at radius 2 is 1.44 bits per heavy atom. The van der Waals surface area contributed by atoms with E-state index in [1.54, 1.807) is 0 Å². The van der Waals surface area contributed by atoms with Gasteiger partial charge in [-0.1, -0.05) is 33.6 Å². The summed E-state index contributed by atoms with van der Waals surface area (Å²) in [5.41, 5.74) is 0. The second-order valence-corrected chi connectivity index (χ2v) is 6.17. The fourth-order valence-electron chi connectivity index (χ4n) is 1.96. The Morgan fingerprint density at radius 1 is 0.880 bits per heavy atom. The molecule has 0 rings (SSSR count). The highest BCUT2D eigenvalue weighted by molar-refractivity contribution is 5.85. The third kappa shape index (κ3) is 10.8. The van der Waals surface area contributed by atoms with E-state index in [0.29, 0.717) is 6.42 Å². The van der Waals surface area contributed by atoms with Crippen molar-refractivity contribution in [3.63, 3.8) is 0 Å². The van der Waals surface area contributed by atoms with Gasteiger partial charge < -0.3 is 19.3 Å². The summed E-state index contributed by atoms with van der Waals surface area (Å²) in [7, 11) is 0. The molecule has 0 spiro atoms. The lowest BCUT2D eigenvalue weighted by molar-refractivity contribution is -0.164. The average molecular weight is 360 g/mol. The molecule has 3 atom stereocenters. The van der Waals surface area contributed by atoms with Crippen molar-refractivity contribution in [3.8, 4) is 0 Å². The van der Waals surface area contributed by atoms with Gasteiger partial charge in [-0.3, -0.25) is 14.4 Å². The van der Waals surface area contributed by atoms with Crippen molar-refractivity contribution in [2.24, 2.45) is 11.8 Å². The monoisotopic (exact) mass is 360 g/mol. The van der Waals surface area contributed by atoms with Crippen LogP contribution in [-0.2, 0) is 28.6 Å². The largest absolute Gasteiger partial charge is 0.466 e. The normalized spacial score (nSPS) is 14.3. The van der Waals surface area contributed by atoms with Crippen LogP contribution in [0.15, 0.2) is 0 Å². The topological polar surface area (TPSA) is 99.1 Å². The van der Waals surface area contributed by atoms with E-state index in [4.69, 9.17) is 14.2 Å². The fraction of sp³-hybridized carbons (Fsp3) is 0.833. The van der Waals surface area contributed by atoms with Crippen LogP contribution in [0.2, 0.25) is 0 Å². The molecule has 1 N–H and O–H groups in total. The first-order valence-corrected chi connectivity index (χ1v) is 9.00. The van der Waals surface area contributed by atoms with Crippen molar-refractivity contribution in [2.75, 3.05) is 19.8 Å². The average Bonchev–Trinajstić information content (AvgIpc) is 2.57. The maximum absolute atomic E-state index is 12.3. The van der Waals surface area contributed by atoms with E-state index in [0.717, 1.165) is 19.3 Å². The van der Waals surface area contributed by atoms with Gasteiger partial charge in [0.15, 0.2) is 0 Å².